The van der Waals surface area contributed by atoms with E-state index < -0.39 is 0 Å². The third-order valence-electron chi connectivity index (χ3n) is 7.02. The number of nitrogens with zero attached hydrogens (tertiary/aromatic N) is 3. The van der Waals surface area contributed by atoms with Crippen molar-refractivity contribution in [2.45, 2.75) is 39.5 Å². The number of hydrogen-bond donors (Lipinski definition) is 0. The summed E-state index contributed by atoms with van der Waals surface area (Å²) in [4.78, 5) is 45.4. The van der Waals surface area contributed by atoms with E-state index in [1.54, 1.807) is 12.1 Å². The van der Waals surface area contributed by atoms with E-state index in [4.69, 9.17) is 0 Å². The van der Waals surface area contributed by atoms with Gasteiger partial charge in [-0.05, 0) is 44.4 Å². The molecular weight excluding hydrogens is 426 g/mol. The van der Waals surface area contributed by atoms with Gasteiger partial charge in [0.05, 0.1) is 12.1 Å². The van der Waals surface area contributed by atoms with Crippen LogP contribution in [0, 0.1) is 13.8 Å². The average molecular weight is 462 g/mol. The maximum Gasteiger partial charge on any atom is 0.254 e. The molecule has 0 radical (unpaired) electrons. The second-order valence-corrected chi connectivity index (χ2v) is 9.56. The minimum absolute atomic E-state index is 0.118. The summed E-state index contributed by atoms with van der Waals surface area (Å²) in [6.07, 6.45) is 4.60. The molecule has 2 fully saturated rings. The fourth-order valence-corrected chi connectivity index (χ4v) is 4.88. The van der Waals surface area contributed by atoms with Gasteiger partial charge in [0.25, 0.3) is 5.91 Å². The number of piperazine rings is 1. The van der Waals surface area contributed by atoms with Gasteiger partial charge in [-0.2, -0.15) is 0 Å². The molecule has 0 saturated carbocycles. The first-order valence-electron chi connectivity index (χ1n) is 12.4. The monoisotopic (exact) mass is 461 g/mol. The van der Waals surface area contributed by atoms with Crippen molar-refractivity contribution >= 4 is 17.6 Å². The Kier molecular flexibility index (Phi) is 7.78. The molecule has 180 valence electrons. The van der Waals surface area contributed by atoms with E-state index in [1.807, 2.05) is 54.0 Å². The Morgan fingerprint density at radius 1 is 0.706 bits per heavy atom. The van der Waals surface area contributed by atoms with Gasteiger partial charge in [-0.25, -0.2) is 0 Å². The predicted octanol–water partition coefficient (Wildman–Crippen LogP) is 3.69. The van der Waals surface area contributed by atoms with Gasteiger partial charge in [0.15, 0.2) is 5.78 Å². The van der Waals surface area contributed by atoms with Gasteiger partial charge in [0, 0.05) is 50.4 Å². The van der Waals surface area contributed by atoms with E-state index in [2.05, 4.69) is 4.90 Å². The molecule has 2 heterocycles. The van der Waals surface area contributed by atoms with Gasteiger partial charge < -0.3 is 9.80 Å². The van der Waals surface area contributed by atoms with E-state index >= 15 is 0 Å². The first-order valence-corrected chi connectivity index (χ1v) is 12.4. The van der Waals surface area contributed by atoms with Crippen molar-refractivity contribution in [2.24, 2.45) is 0 Å². The van der Waals surface area contributed by atoms with Crippen LogP contribution in [0.3, 0.4) is 0 Å². The van der Waals surface area contributed by atoms with Crippen molar-refractivity contribution in [1.82, 2.24) is 14.7 Å². The molecule has 0 unspecified atom stereocenters. The van der Waals surface area contributed by atoms with Crippen molar-refractivity contribution < 1.29 is 14.4 Å². The second-order valence-electron chi connectivity index (χ2n) is 9.56. The molecule has 2 aromatic carbocycles. The van der Waals surface area contributed by atoms with Crippen molar-refractivity contribution in [3.05, 3.63) is 70.3 Å². The van der Waals surface area contributed by atoms with Gasteiger partial charge in [-0.1, -0.05) is 48.7 Å². The van der Waals surface area contributed by atoms with Crippen LogP contribution in [0.5, 0.6) is 0 Å². The maximum atomic E-state index is 13.4. The zero-order valence-electron chi connectivity index (χ0n) is 20.4. The first-order chi connectivity index (χ1) is 16.4. The van der Waals surface area contributed by atoms with Crippen LogP contribution in [-0.2, 0) is 4.79 Å². The quantitative estimate of drug-likeness (QED) is 0.637. The Balaban J connectivity index is 1.40. The first kappa shape index (κ1) is 24.1. The van der Waals surface area contributed by atoms with Crippen LogP contribution < -0.4 is 0 Å². The Labute approximate surface area is 202 Å². The summed E-state index contributed by atoms with van der Waals surface area (Å²) in [5.41, 5.74) is 3.45. The van der Waals surface area contributed by atoms with Gasteiger partial charge >= 0.3 is 0 Å². The minimum Gasteiger partial charge on any atom is -0.342 e. The van der Waals surface area contributed by atoms with Crippen molar-refractivity contribution in [3.8, 4) is 0 Å². The lowest BCUT2D eigenvalue weighted by Gasteiger charge is -2.35. The topological polar surface area (TPSA) is 60.9 Å². The third-order valence-corrected chi connectivity index (χ3v) is 7.02. The lowest BCUT2D eigenvalue weighted by atomic mass is 9.94. The number of carbonyl (C=O) groups is 3. The van der Waals surface area contributed by atoms with E-state index in [0.29, 0.717) is 49.4 Å². The fraction of sp³-hybridized carbons (Fsp3) is 0.464. The van der Waals surface area contributed by atoms with Crippen molar-refractivity contribution in [3.63, 3.8) is 0 Å². The normalized spacial score (nSPS) is 17.4. The Bertz CT molecular complexity index is 1050. The fourth-order valence-electron chi connectivity index (χ4n) is 4.88. The SMILES string of the molecule is Cc1ccc(C)c(C(=O)c2ccccc2C(=O)N2CCN(CC(=O)N3CCCCCC3)CC2)c1. The van der Waals surface area contributed by atoms with Gasteiger partial charge in [0.1, 0.15) is 0 Å². The molecule has 2 aliphatic heterocycles. The van der Waals surface area contributed by atoms with Crippen LogP contribution in [0.1, 0.15) is 63.1 Å². The number of aryl methyl sites for hydroxylation is 2. The van der Waals surface area contributed by atoms with Crippen molar-refractivity contribution in [1.29, 1.82) is 0 Å². The molecule has 2 aliphatic rings. The molecule has 2 amide bonds. The summed E-state index contributed by atoms with van der Waals surface area (Å²) in [6.45, 7) is 8.47. The summed E-state index contributed by atoms with van der Waals surface area (Å²) < 4.78 is 0. The maximum absolute atomic E-state index is 13.4. The van der Waals surface area contributed by atoms with E-state index in [9.17, 15) is 14.4 Å². The molecule has 0 aliphatic carbocycles. The second kappa shape index (κ2) is 11.0. The van der Waals surface area contributed by atoms with Crippen molar-refractivity contribution in [2.75, 3.05) is 45.8 Å². The van der Waals surface area contributed by atoms with Crippen LogP contribution in [-0.4, -0.2) is 78.1 Å². The molecule has 0 N–H and O–H groups in total. The predicted molar refractivity (Wildman–Crippen MR) is 133 cm³/mol. The number of benzene rings is 2. The smallest absolute Gasteiger partial charge is 0.254 e. The molecule has 0 bridgehead atoms. The van der Waals surface area contributed by atoms with E-state index in [-0.39, 0.29) is 17.6 Å². The van der Waals surface area contributed by atoms with Crippen LogP contribution in [0.2, 0.25) is 0 Å². The Hall–Kier alpha value is -2.99. The number of hydrogen-bond acceptors (Lipinski definition) is 4. The average Bonchev–Trinajstić information content (AvgIpc) is 3.15. The highest BCUT2D eigenvalue weighted by atomic mass is 16.2. The molecule has 0 atom stereocenters. The number of carbonyl (C=O) groups excluding carboxylic acids is 3. The highest BCUT2D eigenvalue weighted by Crippen LogP contribution is 2.21. The largest absolute Gasteiger partial charge is 0.342 e. The molecule has 2 saturated heterocycles. The van der Waals surface area contributed by atoms with Crippen LogP contribution in [0.4, 0.5) is 0 Å². The Morgan fingerprint density at radius 3 is 2.03 bits per heavy atom. The van der Waals surface area contributed by atoms with Crippen LogP contribution >= 0.6 is 0 Å². The summed E-state index contributed by atoms with van der Waals surface area (Å²) in [5, 5.41) is 0. The zero-order valence-corrected chi connectivity index (χ0v) is 20.4. The summed E-state index contributed by atoms with van der Waals surface area (Å²) >= 11 is 0. The van der Waals surface area contributed by atoms with E-state index in [0.717, 1.165) is 37.1 Å². The lowest BCUT2D eigenvalue weighted by molar-refractivity contribution is -0.132. The standard InChI is InChI=1S/C28H35N3O3/c1-21-11-12-22(2)25(19-21)27(33)23-9-5-6-10-24(23)28(34)31-17-15-29(16-18-31)20-26(32)30-13-7-3-4-8-14-30/h5-6,9-12,19H,3-4,7-8,13-18,20H2,1-2H3. The van der Waals surface area contributed by atoms with Crippen LogP contribution in [0.15, 0.2) is 42.5 Å². The van der Waals surface area contributed by atoms with Gasteiger partial charge in [0.2, 0.25) is 5.91 Å². The van der Waals surface area contributed by atoms with Gasteiger partial charge in [-0.15, -0.1) is 0 Å². The highest BCUT2D eigenvalue weighted by molar-refractivity contribution is 6.16. The number of likely N-dealkylation sites (tertiary alicyclic amines) is 1. The molecule has 4 rings (SSSR count). The highest BCUT2D eigenvalue weighted by Gasteiger charge is 2.27. The summed E-state index contributed by atoms with van der Waals surface area (Å²) in [6, 6.07) is 12.9. The molecule has 34 heavy (non-hydrogen) atoms. The molecule has 6 nitrogen and oxygen atoms in total. The van der Waals surface area contributed by atoms with Gasteiger partial charge in [-0.3, -0.25) is 19.3 Å². The third kappa shape index (κ3) is 5.55. The molecular formula is C28H35N3O3. The molecule has 2 aromatic rings. The lowest BCUT2D eigenvalue weighted by Crippen LogP contribution is -2.51. The Morgan fingerprint density at radius 2 is 1.35 bits per heavy atom. The number of ketones is 1. The van der Waals surface area contributed by atoms with E-state index in [1.165, 1.54) is 12.8 Å². The number of rotatable bonds is 5. The zero-order chi connectivity index (χ0) is 24.1. The molecule has 0 aromatic heterocycles. The molecule has 0 spiro atoms. The number of amides is 2. The summed E-state index contributed by atoms with van der Waals surface area (Å²) in [7, 11) is 0. The summed E-state index contributed by atoms with van der Waals surface area (Å²) in [5.74, 6) is -0.0364. The minimum atomic E-state index is -0.119. The van der Waals surface area contributed by atoms with Crippen LogP contribution in [0.25, 0.3) is 0 Å². The molecule has 6 heteroatoms.